The van der Waals surface area contributed by atoms with Crippen LogP contribution in [-0.2, 0) is 0 Å². The van der Waals surface area contributed by atoms with Gasteiger partial charge in [-0.25, -0.2) is 0 Å². The molecule has 0 unspecified atom stereocenters. The van der Waals surface area contributed by atoms with Gasteiger partial charge >= 0.3 is 0 Å². The molecule has 2 aliphatic rings. The molecule has 82 valence electrons. The predicted octanol–water partition coefficient (Wildman–Crippen LogP) is 1.78. The van der Waals surface area contributed by atoms with Crippen LogP contribution in [0.1, 0.15) is 40.0 Å². The van der Waals surface area contributed by atoms with Gasteiger partial charge < -0.3 is 10.4 Å². The molecule has 2 nitrogen and oxygen atoms in total. The summed E-state index contributed by atoms with van der Waals surface area (Å²) < 4.78 is 0. The Labute approximate surface area is 87.1 Å². The second-order valence-corrected chi connectivity index (χ2v) is 6.05. The van der Waals surface area contributed by atoms with Gasteiger partial charge in [-0.1, -0.05) is 20.8 Å². The maximum absolute atomic E-state index is 10.1. The number of aliphatic hydroxyl groups excluding tert-OH is 1. The molecule has 2 rings (SSSR count). The minimum Gasteiger partial charge on any atom is -0.393 e. The molecule has 0 amide bonds. The molecular formula is C12H23NO. The van der Waals surface area contributed by atoms with Crippen LogP contribution in [-0.4, -0.2) is 24.3 Å². The Kier molecular flexibility index (Phi) is 2.39. The lowest BCUT2D eigenvalue weighted by atomic mass is 9.53. The van der Waals surface area contributed by atoms with E-state index >= 15 is 0 Å². The highest BCUT2D eigenvalue weighted by Crippen LogP contribution is 2.53. The number of aliphatic hydroxyl groups is 1. The van der Waals surface area contributed by atoms with E-state index < -0.39 is 0 Å². The normalized spacial score (nSPS) is 47.1. The van der Waals surface area contributed by atoms with Gasteiger partial charge in [-0.15, -0.1) is 0 Å². The first-order valence-corrected chi connectivity index (χ1v) is 5.85. The molecule has 3 atom stereocenters. The van der Waals surface area contributed by atoms with Gasteiger partial charge in [0.1, 0.15) is 0 Å². The third-order valence-electron chi connectivity index (χ3n) is 4.73. The van der Waals surface area contributed by atoms with Crippen molar-refractivity contribution in [2.24, 2.45) is 16.7 Å². The Balaban J connectivity index is 2.26. The first-order valence-electron chi connectivity index (χ1n) is 5.85. The Hall–Kier alpha value is -0.0800. The summed E-state index contributed by atoms with van der Waals surface area (Å²) in [6.45, 7) is 9.12. The van der Waals surface area contributed by atoms with Crippen molar-refractivity contribution in [3.05, 3.63) is 0 Å². The van der Waals surface area contributed by atoms with Crippen molar-refractivity contribution in [1.82, 2.24) is 5.32 Å². The van der Waals surface area contributed by atoms with Crippen molar-refractivity contribution < 1.29 is 5.11 Å². The molecule has 0 aromatic carbocycles. The summed E-state index contributed by atoms with van der Waals surface area (Å²) >= 11 is 0. The standard InChI is InChI=1S/C12H23NO/c1-11(2)9-5-7-13-8-12(9,3)6-4-10(11)14/h9-10,13-14H,4-8H2,1-3H3/t9-,10+,12-/m1/s1. The van der Waals surface area contributed by atoms with E-state index in [4.69, 9.17) is 0 Å². The van der Waals surface area contributed by atoms with E-state index in [1.54, 1.807) is 0 Å². The van der Waals surface area contributed by atoms with Crippen molar-refractivity contribution in [2.45, 2.75) is 46.1 Å². The zero-order valence-corrected chi connectivity index (χ0v) is 9.64. The Morgan fingerprint density at radius 3 is 2.64 bits per heavy atom. The van der Waals surface area contributed by atoms with Crippen LogP contribution in [0.5, 0.6) is 0 Å². The first kappa shape index (κ1) is 10.4. The van der Waals surface area contributed by atoms with E-state index in [-0.39, 0.29) is 11.5 Å². The van der Waals surface area contributed by atoms with Crippen molar-refractivity contribution in [3.63, 3.8) is 0 Å². The third-order valence-corrected chi connectivity index (χ3v) is 4.73. The van der Waals surface area contributed by atoms with E-state index in [1.165, 1.54) is 12.8 Å². The summed E-state index contributed by atoms with van der Waals surface area (Å²) in [5.74, 6) is 0.681. The Morgan fingerprint density at radius 1 is 1.21 bits per heavy atom. The average Bonchev–Trinajstić information content (AvgIpc) is 2.13. The van der Waals surface area contributed by atoms with Crippen LogP contribution >= 0.6 is 0 Å². The summed E-state index contributed by atoms with van der Waals surface area (Å²) in [5.41, 5.74) is 0.524. The van der Waals surface area contributed by atoms with E-state index in [1.807, 2.05) is 0 Å². The molecule has 14 heavy (non-hydrogen) atoms. The maximum atomic E-state index is 10.1. The van der Waals surface area contributed by atoms with E-state index in [0.717, 1.165) is 19.5 Å². The molecule has 0 bridgehead atoms. The molecule has 1 aliphatic carbocycles. The fourth-order valence-electron chi connectivity index (χ4n) is 3.70. The van der Waals surface area contributed by atoms with Gasteiger partial charge in [0.15, 0.2) is 0 Å². The molecule has 2 N–H and O–H groups in total. The zero-order chi connectivity index (χ0) is 10.4. The lowest BCUT2D eigenvalue weighted by molar-refractivity contribution is -0.106. The number of hydrogen-bond donors (Lipinski definition) is 2. The average molecular weight is 197 g/mol. The number of piperidine rings is 1. The van der Waals surface area contributed by atoms with Gasteiger partial charge in [0.25, 0.3) is 0 Å². The molecule has 1 saturated carbocycles. The molecule has 0 aromatic rings. The van der Waals surface area contributed by atoms with Gasteiger partial charge in [-0.3, -0.25) is 0 Å². The first-order chi connectivity index (χ1) is 6.47. The van der Waals surface area contributed by atoms with Crippen LogP contribution in [0.15, 0.2) is 0 Å². The minimum absolute atomic E-state index is 0.0984. The van der Waals surface area contributed by atoms with Gasteiger partial charge in [-0.05, 0) is 42.6 Å². The number of rotatable bonds is 0. The van der Waals surface area contributed by atoms with Crippen LogP contribution in [0.2, 0.25) is 0 Å². The highest BCUT2D eigenvalue weighted by molar-refractivity contribution is 5.02. The molecule has 1 saturated heterocycles. The van der Waals surface area contributed by atoms with Crippen LogP contribution in [0, 0.1) is 16.7 Å². The fraction of sp³-hybridized carbons (Fsp3) is 1.00. The smallest absolute Gasteiger partial charge is 0.0594 e. The van der Waals surface area contributed by atoms with Crippen molar-refractivity contribution in [3.8, 4) is 0 Å². The largest absolute Gasteiger partial charge is 0.393 e. The highest BCUT2D eigenvalue weighted by Gasteiger charge is 2.51. The summed E-state index contributed by atoms with van der Waals surface area (Å²) in [7, 11) is 0. The lowest BCUT2D eigenvalue weighted by Crippen LogP contribution is -2.56. The number of fused-ring (bicyclic) bond motifs is 1. The molecule has 1 heterocycles. The zero-order valence-electron chi connectivity index (χ0n) is 9.64. The molecule has 0 radical (unpaired) electrons. The monoisotopic (exact) mass is 197 g/mol. The summed E-state index contributed by atoms with van der Waals surface area (Å²) in [6, 6.07) is 0. The predicted molar refractivity (Wildman–Crippen MR) is 58.1 cm³/mol. The van der Waals surface area contributed by atoms with Gasteiger partial charge in [0.05, 0.1) is 6.10 Å². The summed E-state index contributed by atoms with van der Waals surface area (Å²) in [5, 5.41) is 13.6. The van der Waals surface area contributed by atoms with Crippen LogP contribution in [0.25, 0.3) is 0 Å². The van der Waals surface area contributed by atoms with Crippen LogP contribution in [0.4, 0.5) is 0 Å². The van der Waals surface area contributed by atoms with Crippen molar-refractivity contribution in [1.29, 1.82) is 0 Å². The summed E-state index contributed by atoms with van der Waals surface area (Å²) in [6.07, 6.45) is 3.27. The van der Waals surface area contributed by atoms with E-state index in [0.29, 0.717) is 11.3 Å². The van der Waals surface area contributed by atoms with Gasteiger partial charge in [0.2, 0.25) is 0 Å². The molecule has 2 heteroatoms. The van der Waals surface area contributed by atoms with Gasteiger partial charge in [0, 0.05) is 6.54 Å². The second-order valence-electron chi connectivity index (χ2n) is 6.05. The van der Waals surface area contributed by atoms with E-state index in [2.05, 4.69) is 26.1 Å². The molecule has 1 aliphatic heterocycles. The van der Waals surface area contributed by atoms with Crippen molar-refractivity contribution in [2.75, 3.05) is 13.1 Å². The van der Waals surface area contributed by atoms with Crippen LogP contribution < -0.4 is 5.32 Å². The molecule has 2 fully saturated rings. The molecule has 0 aromatic heterocycles. The highest BCUT2D eigenvalue weighted by atomic mass is 16.3. The number of nitrogens with one attached hydrogen (secondary N) is 1. The Bertz CT molecular complexity index is 222. The fourth-order valence-corrected chi connectivity index (χ4v) is 3.70. The topological polar surface area (TPSA) is 32.3 Å². The minimum atomic E-state index is -0.0984. The lowest BCUT2D eigenvalue weighted by Gasteiger charge is -2.55. The third kappa shape index (κ3) is 1.40. The number of hydrogen-bond acceptors (Lipinski definition) is 2. The van der Waals surface area contributed by atoms with Crippen LogP contribution in [0.3, 0.4) is 0 Å². The maximum Gasteiger partial charge on any atom is 0.0594 e. The molecular weight excluding hydrogens is 174 g/mol. The van der Waals surface area contributed by atoms with Gasteiger partial charge in [-0.2, -0.15) is 0 Å². The Morgan fingerprint density at radius 2 is 1.93 bits per heavy atom. The van der Waals surface area contributed by atoms with E-state index in [9.17, 15) is 5.11 Å². The van der Waals surface area contributed by atoms with Crippen molar-refractivity contribution >= 4 is 0 Å². The SMILES string of the molecule is CC1(C)[C@H]2CCNC[C@@]2(C)CC[C@@H]1O. The summed E-state index contributed by atoms with van der Waals surface area (Å²) in [4.78, 5) is 0. The quantitative estimate of drug-likeness (QED) is 0.620. The second kappa shape index (κ2) is 3.21. The molecule has 0 spiro atoms.